The van der Waals surface area contributed by atoms with Crippen LogP contribution in [0, 0.1) is 11.7 Å². The van der Waals surface area contributed by atoms with E-state index in [4.69, 9.17) is 9.84 Å². The van der Waals surface area contributed by atoms with Gasteiger partial charge < -0.3 is 15.2 Å². The molecule has 1 saturated carbocycles. The topological polar surface area (TPSA) is 75.6 Å². The van der Waals surface area contributed by atoms with Crippen molar-refractivity contribution < 1.29 is 23.8 Å². The molecule has 0 aromatic heterocycles. The quantitative estimate of drug-likeness (QED) is 0.875. The first-order valence-electron chi connectivity index (χ1n) is 7.41. The van der Waals surface area contributed by atoms with Crippen LogP contribution < -0.4 is 10.1 Å². The number of benzene rings is 1. The number of aliphatic carboxylic acids is 1. The largest absolute Gasteiger partial charge is 0.481 e. The van der Waals surface area contributed by atoms with Gasteiger partial charge in [-0.05, 0) is 44.7 Å². The fourth-order valence-corrected chi connectivity index (χ4v) is 2.60. The van der Waals surface area contributed by atoms with Crippen molar-refractivity contribution in [3.8, 4) is 5.75 Å². The van der Waals surface area contributed by atoms with E-state index in [2.05, 4.69) is 5.32 Å². The van der Waals surface area contributed by atoms with E-state index >= 15 is 0 Å². The highest BCUT2D eigenvalue weighted by Gasteiger charge is 2.28. The van der Waals surface area contributed by atoms with Crippen LogP contribution in [0.15, 0.2) is 24.3 Å². The molecule has 22 heavy (non-hydrogen) atoms. The lowest BCUT2D eigenvalue weighted by Gasteiger charge is -2.27. The van der Waals surface area contributed by atoms with Crippen molar-refractivity contribution in [2.24, 2.45) is 5.92 Å². The molecule has 1 amide bonds. The molecule has 1 aromatic carbocycles. The van der Waals surface area contributed by atoms with E-state index in [1.54, 1.807) is 13.0 Å². The highest BCUT2D eigenvalue weighted by Crippen LogP contribution is 2.24. The summed E-state index contributed by atoms with van der Waals surface area (Å²) in [5.41, 5.74) is 0. The maximum atomic E-state index is 13.1. The third kappa shape index (κ3) is 4.44. The summed E-state index contributed by atoms with van der Waals surface area (Å²) in [7, 11) is 0. The van der Waals surface area contributed by atoms with E-state index < -0.39 is 17.9 Å². The van der Waals surface area contributed by atoms with Crippen LogP contribution in [0.25, 0.3) is 0 Å². The number of rotatable bonds is 5. The molecule has 1 aromatic rings. The Hall–Kier alpha value is -2.11. The van der Waals surface area contributed by atoms with Gasteiger partial charge in [0.25, 0.3) is 5.91 Å². The van der Waals surface area contributed by atoms with Crippen molar-refractivity contribution in [3.63, 3.8) is 0 Å². The van der Waals surface area contributed by atoms with E-state index in [0.717, 1.165) is 0 Å². The number of carbonyl (C=O) groups excluding carboxylic acids is 1. The standard InChI is InChI=1S/C16H20FNO4/c1-10(22-14-4-2-3-12(17)9-14)15(19)18-13-7-5-11(6-8-13)16(20)21/h2-4,9-11,13H,5-8H2,1H3,(H,18,19)(H,20,21). The van der Waals surface area contributed by atoms with Crippen LogP contribution in [-0.2, 0) is 9.59 Å². The number of hydrogen-bond donors (Lipinski definition) is 2. The zero-order valence-corrected chi connectivity index (χ0v) is 12.4. The monoisotopic (exact) mass is 309 g/mol. The number of carboxylic acids is 1. The molecule has 0 radical (unpaired) electrons. The zero-order chi connectivity index (χ0) is 16.1. The SMILES string of the molecule is CC(Oc1cccc(F)c1)C(=O)NC1CCC(C(=O)O)CC1. The molecule has 1 atom stereocenters. The minimum absolute atomic E-state index is 0.0262. The molecule has 0 saturated heterocycles. The molecule has 0 aliphatic heterocycles. The number of amides is 1. The van der Waals surface area contributed by atoms with Crippen LogP contribution in [0.2, 0.25) is 0 Å². The summed E-state index contributed by atoms with van der Waals surface area (Å²) in [6.07, 6.45) is 1.70. The fourth-order valence-electron chi connectivity index (χ4n) is 2.60. The van der Waals surface area contributed by atoms with Crippen LogP contribution in [-0.4, -0.2) is 29.1 Å². The molecular formula is C16H20FNO4. The molecule has 0 bridgehead atoms. The molecule has 0 spiro atoms. The maximum Gasteiger partial charge on any atom is 0.306 e. The highest BCUT2D eigenvalue weighted by atomic mass is 19.1. The Labute approximate surface area is 128 Å². The molecular weight excluding hydrogens is 289 g/mol. The third-order valence-electron chi connectivity index (χ3n) is 3.90. The Morgan fingerprint density at radius 3 is 2.59 bits per heavy atom. The predicted molar refractivity (Wildman–Crippen MR) is 78.0 cm³/mol. The lowest BCUT2D eigenvalue weighted by Crippen LogP contribution is -2.44. The normalized spacial score (nSPS) is 22.6. The number of ether oxygens (including phenoxy) is 1. The summed E-state index contributed by atoms with van der Waals surface area (Å²) >= 11 is 0. The first-order valence-corrected chi connectivity index (χ1v) is 7.41. The fraction of sp³-hybridized carbons (Fsp3) is 0.500. The molecule has 1 aliphatic rings. The van der Waals surface area contributed by atoms with E-state index in [-0.39, 0.29) is 17.9 Å². The number of carbonyl (C=O) groups is 2. The molecule has 1 aliphatic carbocycles. The van der Waals surface area contributed by atoms with Crippen LogP contribution in [0.5, 0.6) is 5.75 Å². The first kappa shape index (κ1) is 16.3. The first-order chi connectivity index (χ1) is 10.5. The second-order valence-electron chi connectivity index (χ2n) is 5.61. The average Bonchev–Trinajstić information content (AvgIpc) is 2.47. The maximum absolute atomic E-state index is 13.1. The molecule has 6 heteroatoms. The summed E-state index contributed by atoms with van der Waals surface area (Å²) in [6.45, 7) is 1.60. The van der Waals surface area contributed by atoms with Gasteiger partial charge in [0.05, 0.1) is 5.92 Å². The lowest BCUT2D eigenvalue weighted by atomic mass is 9.86. The van der Waals surface area contributed by atoms with Crippen LogP contribution in [0.3, 0.4) is 0 Å². The Balaban J connectivity index is 1.81. The summed E-state index contributed by atoms with van der Waals surface area (Å²) in [6, 6.07) is 5.61. The summed E-state index contributed by atoms with van der Waals surface area (Å²) in [5, 5.41) is 11.8. The van der Waals surface area contributed by atoms with Crippen molar-refractivity contribution >= 4 is 11.9 Å². The van der Waals surface area contributed by atoms with E-state index in [0.29, 0.717) is 31.4 Å². The van der Waals surface area contributed by atoms with Crippen molar-refractivity contribution in [2.45, 2.75) is 44.8 Å². The Morgan fingerprint density at radius 2 is 2.00 bits per heavy atom. The number of carboxylic acid groups (broad SMARTS) is 1. The van der Waals surface area contributed by atoms with Crippen LogP contribution >= 0.6 is 0 Å². The molecule has 120 valence electrons. The second kappa shape index (κ2) is 7.24. The van der Waals surface area contributed by atoms with Crippen molar-refractivity contribution in [2.75, 3.05) is 0 Å². The Kier molecular flexibility index (Phi) is 5.35. The molecule has 2 N–H and O–H groups in total. The van der Waals surface area contributed by atoms with Crippen molar-refractivity contribution in [1.82, 2.24) is 5.32 Å². The summed E-state index contributed by atoms with van der Waals surface area (Å²) in [5.74, 6) is -1.47. The van der Waals surface area contributed by atoms with Gasteiger partial charge in [0.2, 0.25) is 0 Å². The number of hydrogen-bond acceptors (Lipinski definition) is 3. The minimum Gasteiger partial charge on any atom is -0.481 e. The van der Waals surface area contributed by atoms with Crippen molar-refractivity contribution in [1.29, 1.82) is 0 Å². The zero-order valence-electron chi connectivity index (χ0n) is 12.4. The van der Waals surface area contributed by atoms with Gasteiger partial charge in [0.1, 0.15) is 11.6 Å². The molecule has 5 nitrogen and oxygen atoms in total. The van der Waals surface area contributed by atoms with Gasteiger partial charge in [-0.25, -0.2) is 4.39 Å². The van der Waals surface area contributed by atoms with Gasteiger partial charge in [-0.3, -0.25) is 9.59 Å². The molecule has 2 rings (SSSR count). The van der Waals surface area contributed by atoms with E-state index in [1.807, 2.05) is 0 Å². The second-order valence-corrected chi connectivity index (χ2v) is 5.61. The van der Waals surface area contributed by atoms with Gasteiger partial charge in [-0.2, -0.15) is 0 Å². The minimum atomic E-state index is -0.771. The van der Waals surface area contributed by atoms with E-state index in [1.165, 1.54) is 18.2 Å². The van der Waals surface area contributed by atoms with Gasteiger partial charge in [-0.1, -0.05) is 6.07 Å². The van der Waals surface area contributed by atoms with Gasteiger partial charge in [0.15, 0.2) is 6.10 Å². The molecule has 0 heterocycles. The lowest BCUT2D eigenvalue weighted by molar-refractivity contribution is -0.142. The van der Waals surface area contributed by atoms with Crippen LogP contribution in [0.1, 0.15) is 32.6 Å². The number of halogens is 1. The average molecular weight is 309 g/mol. The highest BCUT2D eigenvalue weighted by molar-refractivity contribution is 5.81. The predicted octanol–water partition coefficient (Wildman–Crippen LogP) is 2.35. The Bertz CT molecular complexity index is 541. The molecule has 1 unspecified atom stereocenters. The van der Waals surface area contributed by atoms with Gasteiger partial charge in [-0.15, -0.1) is 0 Å². The third-order valence-corrected chi connectivity index (χ3v) is 3.90. The Morgan fingerprint density at radius 1 is 1.32 bits per heavy atom. The van der Waals surface area contributed by atoms with E-state index in [9.17, 15) is 14.0 Å². The summed E-state index contributed by atoms with van der Waals surface area (Å²) < 4.78 is 18.5. The number of nitrogens with one attached hydrogen (secondary N) is 1. The summed E-state index contributed by atoms with van der Waals surface area (Å²) in [4.78, 5) is 23.0. The van der Waals surface area contributed by atoms with Crippen LogP contribution in [0.4, 0.5) is 4.39 Å². The molecule has 1 fully saturated rings. The van der Waals surface area contributed by atoms with Gasteiger partial charge >= 0.3 is 5.97 Å². The van der Waals surface area contributed by atoms with Crippen molar-refractivity contribution in [3.05, 3.63) is 30.1 Å². The van der Waals surface area contributed by atoms with Gasteiger partial charge in [0, 0.05) is 12.1 Å². The smallest absolute Gasteiger partial charge is 0.306 e.